The van der Waals surface area contributed by atoms with Crippen LogP contribution in [0.5, 0.6) is 0 Å². The van der Waals surface area contributed by atoms with Crippen LogP contribution in [0.1, 0.15) is 18.1 Å². The summed E-state index contributed by atoms with van der Waals surface area (Å²) < 4.78 is 4.63. The Morgan fingerprint density at radius 1 is 1.32 bits per heavy atom. The molecule has 19 heavy (non-hydrogen) atoms. The molecule has 104 valence electrons. The van der Waals surface area contributed by atoms with Crippen molar-refractivity contribution in [3.8, 4) is 0 Å². The van der Waals surface area contributed by atoms with Gasteiger partial charge in [0.2, 0.25) is 0 Å². The van der Waals surface area contributed by atoms with Gasteiger partial charge in [-0.3, -0.25) is 4.90 Å². The van der Waals surface area contributed by atoms with Gasteiger partial charge in [-0.05, 0) is 30.9 Å². The van der Waals surface area contributed by atoms with Crippen LogP contribution in [0.25, 0.3) is 0 Å². The molecule has 1 aliphatic rings. The van der Waals surface area contributed by atoms with Gasteiger partial charge in [0.15, 0.2) is 5.60 Å². The Labute approximate surface area is 114 Å². The average Bonchev–Trinajstić information content (AvgIpc) is 2.60. The molecule has 0 saturated heterocycles. The van der Waals surface area contributed by atoms with E-state index in [1.54, 1.807) is 0 Å². The van der Waals surface area contributed by atoms with Crippen LogP contribution in [-0.2, 0) is 22.4 Å². The minimum Gasteiger partial charge on any atom is -0.467 e. The van der Waals surface area contributed by atoms with Gasteiger partial charge in [0.05, 0.1) is 7.11 Å². The summed E-state index contributed by atoms with van der Waals surface area (Å²) in [4.78, 5) is 13.6. The molecule has 0 radical (unpaired) electrons. The van der Waals surface area contributed by atoms with Crippen LogP contribution in [0.2, 0.25) is 0 Å². The second kappa shape index (κ2) is 5.72. The number of fused-ring (bicyclic) bond motifs is 1. The van der Waals surface area contributed by atoms with E-state index in [9.17, 15) is 9.90 Å². The van der Waals surface area contributed by atoms with Gasteiger partial charge in [0.25, 0.3) is 0 Å². The number of carbonyl (C=O) groups is 1. The van der Waals surface area contributed by atoms with Crippen molar-refractivity contribution in [2.24, 2.45) is 0 Å². The van der Waals surface area contributed by atoms with Gasteiger partial charge >= 0.3 is 5.97 Å². The smallest absolute Gasteiger partial charge is 0.338 e. The highest BCUT2D eigenvalue weighted by atomic mass is 16.5. The van der Waals surface area contributed by atoms with Crippen LogP contribution in [-0.4, -0.2) is 48.3 Å². The lowest BCUT2D eigenvalue weighted by Crippen LogP contribution is -2.48. The zero-order valence-corrected chi connectivity index (χ0v) is 11.6. The highest BCUT2D eigenvalue weighted by Gasteiger charge is 2.33. The van der Waals surface area contributed by atoms with Crippen molar-refractivity contribution in [1.29, 1.82) is 0 Å². The predicted octanol–water partition coefficient (Wildman–Crippen LogP) is 1.01. The number of hydrogen-bond acceptors (Lipinski definition) is 4. The maximum atomic E-state index is 11.5. The van der Waals surface area contributed by atoms with Crippen molar-refractivity contribution in [2.45, 2.75) is 25.4 Å². The topological polar surface area (TPSA) is 49.8 Å². The quantitative estimate of drug-likeness (QED) is 0.827. The number of β-amino-alcohol motifs (C(OH)–C–C–N with tert-alkyl or cyclic N) is 1. The number of aliphatic hydroxyl groups is 1. The maximum Gasteiger partial charge on any atom is 0.338 e. The molecule has 1 aliphatic heterocycles. The molecule has 0 aromatic heterocycles. The first kappa shape index (κ1) is 14.0. The molecule has 4 heteroatoms. The molecule has 0 fully saturated rings. The Morgan fingerprint density at radius 2 is 1.84 bits per heavy atom. The van der Waals surface area contributed by atoms with E-state index in [1.165, 1.54) is 25.2 Å². The second-order valence-electron chi connectivity index (χ2n) is 5.31. The Kier molecular flexibility index (Phi) is 4.22. The molecular weight excluding hydrogens is 242 g/mol. The molecule has 2 rings (SSSR count). The minimum atomic E-state index is -1.44. The maximum absolute atomic E-state index is 11.5. The molecule has 0 aliphatic carbocycles. The van der Waals surface area contributed by atoms with Gasteiger partial charge in [0.1, 0.15) is 0 Å². The third kappa shape index (κ3) is 3.33. The largest absolute Gasteiger partial charge is 0.467 e. The lowest BCUT2D eigenvalue weighted by Gasteiger charge is -2.28. The first-order chi connectivity index (χ1) is 9.03. The molecule has 1 aromatic carbocycles. The Balaban J connectivity index is 2.01. The summed E-state index contributed by atoms with van der Waals surface area (Å²) in [6, 6.07) is 8.41. The lowest BCUT2D eigenvalue weighted by atomic mass is 10.0. The van der Waals surface area contributed by atoms with E-state index in [2.05, 4.69) is 33.9 Å². The van der Waals surface area contributed by atoms with E-state index >= 15 is 0 Å². The van der Waals surface area contributed by atoms with E-state index in [4.69, 9.17) is 0 Å². The third-order valence-electron chi connectivity index (χ3n) is 3.67. The highest BCUT2D eigenvalue weighted by Crippen LogP contribution is 2.17. The Morgan fingerprint density at radius 3 is 2.32 bits per heavy atom. The van der Waals surface area contributed by atoms with Gasteiger partial charge in [-0.25, -0.2) is 4.79 Å². The summed E-state index contributed by atoms with van der Waals surface area (Å²) in [7, 11) is 1.30. The molecule has 1 heterocycles. The first-order valence-electron chi connectivity index (χ1n) is 6.63. The van der Waals surface area contributed by atoms with Crippen molar-refractivity contribution < 1.29 is 14.6 Å². The summed E-state index contributed by atoms with van der Waals surface area (Å²) in [6.45, 7) is 3.53. The Bertz CT molecular complexity index is 429. The van der Waals surface area contributed by atoms with Crippen molar-refractivity contribution in [1.82, 2.24) is 4.90 Å². The van der Waals surface area contributed by atoms with E-state index in [-0.39, 0.29) is 0 Å². The van der Waals surface area contributed by atoms with Gasteiger partial charge in [-0.1, -0.05) is 24.3 Å². The molecule has 1 N–H and O–H groups in total. The summed E-state index contributed by atoms with van der Waals surface area (Å²) in [6.07, 6.45) is 1.90. The SMILES string of the molecule is COC(=O)C(C)(O)CN1CCc2ccccc2CC1. The molecule has 0 amide bonds. The number of nitrogens with zero attached hydrogens (tertiary/aromatic N) is 1. The van der Waals surface area contributed by atoms with Crippen LogP contribution < -0.4 is 0 Å². The molecule has 1 atom stereocenters. The van der Waals surface area contributed by atoms with Gasteiger partial charge in [-0.2, -0.15) is 0 Å². The van der Waals surface area contributed by atoms with Crippen molar-refractivity contribution >= 4 is 5.97 Å². The van der Waals surface area contributed by atoms with Crippen LogP contribution in [0.4, 0.5) is 0 Å². The average molecular weight is 263 g/mol. The number of ether oxygens (including phenoxy) is 1. The fraction of sp³-hybridized carbons (Fsp3) is 0.533. The number of hydrogen-bond donors (Lipinski definition) is 1. The van der Waals surface area contributed by atoms with Crippen molar-refractivity contribution in [2.75, 3.05) is 26.7 Å². The van der Waals surface area contributed by atoms with E-state index < -0.39 is 11.6 Å². The van der Waals surface area contributed by atoms with Crippen molar-refractivity contribution in [3.63, 3.8) is 0 Å². The number of rotatable bonds is 3. The number of esters is 1. The first-order valence-corrected chi connectivity index (χ1v) is 6.63. The summed E-state index contributed by atoms with van der Waals surface area (Å²) in [5, 5.41) is 10.1. The monoisotopic (exact) mass is 263 g/mol. The van der Waals surface area contributed by atoms with Gasteiger partial charge in [-0.15, -0.1) is 0 Å². The fourth-order valence-electron chi connectivity index (χ4n) is 2.59. The number of methoxy groups -OCH3 is 1. The highest BCUT2D eigenvalue weighted by molar-refractivity contribution is 5.78. The molecule has 1 aromatic rings. The molecule has 1 unspecified atom stereocenters. The van der Waals surface area contributed by atoms with Crippen LogP contribution in [0.15, 0.2) is 24.3 Å². The molecule has 0 bridgehead atoms. The molecular formula is C15H21NO3. The van der Waals surface area contributed by atoms with Gasteiger partial charge < -0.3 is 9.84 Å². The van der Waals surface area contributed by atoms with E-state index in [0.717, 1.165) is 25.9 Å². The van der Waals surface area contributed by atoms with Crippen LogP contribution in [0.3, 0.4) is 0 Å². The zero-order valence-electron chi connectivity index (χ0n) is 11.6. The fourth-order valence-corrected chi connectivity index (χ4v) is 2.59. The zero-order chi connectivity index (χ0) is 13.9. The molecule has 0 spiro atoms. The third-order valence-corrected chi connectivity index (χ3v) is 3.67. The normalized spacial score (nSPS) is 19.1. The summed E-state index contributed by atoms with van der Waals surface area (Å²) in [5.74, 6) is -0.575. The molecule has 4 nitrogen and oxygen atoms in total. The lowest BCUT2D eigenvalue weighted by molar-refractivity contribution is -0.162. The number of carbonyl (C=O) groups excluding carboxylic acids is 1. The Hall–Kier alpha value is -1.39. The van der Waals surface area contributed by atoms with Crippen molar-refractivity contribution in [3.05, 3.63) is 35.4 Å². The number of benzene rings is 1. The summed E-state index contributed by atoms with van der Waals surface area (Å²) >= 11 is 0. The predicted molar refractivity (Wildman–Crippen MR) is 72.9 cm³/mol. The summed E-state index contributed by atoms with van der Waals surface area (Å²) in [5.41, 5.74) is 1.29. The second-order valence-corrected chi connectivity index (χ2v) is 5.31. The minimum absolute atomic E-state index is 0.313. The standard InChI is InChI=1S/C15H21NO3/c1-15(18,14(17)19-2)11-16-9-7-12-5-3-4-6-13(12)8-10-16/h3-6,18H,7-11H2,1-2H3. The van der Waals surface area contributed by atoms with E-state index in [0.29, 0.717) is 6.54 Å². The molecule has 0 saturated carbocycles. The van der Waals surface area contributed by atoms with Gasteiger partial charge in [0, 0.05) is 19.6 Å². The van der Waals surface area contributed by atoms with Crippen LogP contribution in [0, 0.1) is 0 Å². The van der Waals surface area contributed by atoms with E-state index in [1.807, 2.05) is 0 Å². The van der Waals surface area contributed by atoms with Crippen LogP contribution >= 0.6 is 0 Å².